The van der Waals surface area contributed by atoms with E-state index in [1.807, 2.05) is 0 Å². The maximum absolute atomic E-state index is 12.3. The monoisotopic (exact) mass is 359 g/mol. The molecule has 8 nitrogen and oxygen atoms in total. The summed E-state index contributed by atoms with van der Waals surface area (Å²) < 4.78 is 10.5. The number of methoxy groups -OCH3 is 1. The Hall–Kier alpha value is -2.06. The number of nitrogens with one attached hydrogen (secondary N) is 2. The first-order valence-corrected chi connectivity index (χ1v) is 7.57. The van der Waals surface area contributed by atoms with Crippen molar-refractivity contribution in [3.8, 4) is 11.5 Å². The molecule has 0 saturated carbocycles. The number of ether oxygens (including phenoxy) is 2. The number of nitrogens with zero attached hydrogens (tertiary/aromatic N) is 1. The van der Waals surface area contributed by atoms with Gasteiger partial charge < -0.3 is 20.1 Å². The summed E-state index contributed by atoms with van der Waals surface area (Å²) in [4.78, 5) is 23.0. The highest BCUT2D eigenvalue weighted by Crippen LogP contribution is 2.34. The molecule has 0 radical (unpaired) electrons. The van der Waals surface area contributed by atoms with Crippen LogP contribution in [0.2, 0.25) is 0 Å². The zero-order chi connectivity index (χ0) is 16.8. The minimum absolute atomic E-state index is 0. The maximum atomic E-state index is 12.3. The van der Waals surface area contributed by atoms with Crippen LogP contribution in [0.4, 0.5) is 5.69 Å². The van der Waals surface area contributed by atoms with Crippen molar-refractivity contribution in [1.29, 1.82) is 0 Å². The largest absolute Gasteiger partial charge is 0.493 e. The van der Waals surface area contributed by atoms with Crippen LogP contribution < -0.4 is 20.1 Å². The summed E-state index contributed by atoms with van der Waals surface area (Å²) in [5.74, 6) is 0.0454. The Labute approximate surface area is 146 Å². The molecule has 0 bridgehead atoms. The number of carbonyl (C=O) groups is 1. The standard InChI is InChI=1S/C15H21N3O5.ClH/c1-3-23-14-8-12(18(20)21)11(7-13(14)22-2)15(19)17-9-10-5-4-6-16-10;/h7-8,10,16H,3-6,9H2,1-2H3,(H,17,19);1H. The average molecular weight is 360 g/mol. The van der Waals surface area contributed by atoms with Crippen LogP contribution in [0.15, 0.2) is 12.1 Å². The summed E-state index contributed by atoms with van der Waals surface area (Å²) in [7, 11) is 1.42. The van der Waals surface area contributed by atoms with E-state index in [-0.39, 0.29) is 35.4 Å². The molecule has 1 aromatic carbocycles. The van der Waals surface area contributed by atoms with Gasteiger partial charge in [0, 0.05) is 18.7 Å². The molecule has 2 rings (SSSR count). The van der Waals surface area contributed by atoms with Crippen LogP contribution in [0.3, 0.4) is 0 Å². The molecule has 2 N–H and O–H groups in total. The maximum Gasteiger partial charge on any atom is 0.286 e. The van der Waals surface area contributed by atoms with Gasteiger partial charge in [0.15, 0.2) is 11.5 Å². The van der Waals surface area contributed by atoms with E-state index in [1.54, 1.807) is 6.92 Å². The second kappa shape index (κ2) is 9.29. The molecule has 1 fully saturated rings. The normalized spacial score (nSPS) is 16.2. The molecule has 1 saturated heterocycles. The topological polar surface area (TPSA) is 103 Å². The van der Waals surface area contributed by atoms with Crippen molar-refractivity contribution in [2.45, 2.75) is 25.8 Å². The fourth-order valence-corrected chi connectivity index (χ4v) is 2.55. The van der Waals surface area contributed by atoms with Gasteiger partial charge in [-0.1, -0.05) is 0 Å². The van der Waals surface area contributed by atoms with E-state index in [2.05, 4.69) is 10.6 Å². The Morgan fingerprint density at radius 2 is 2.21 bits per heavy atom. The molecule has 1 atom stereocenters. The minimum atomic E-state index is -0.593. The molecule has 0 spiro atoms. The molecule has 0 aromatic heterocycles. The lowest BCUT2D eigenvalue weighted by Gasteiger charge is -2.14. The number of nitro groups is 1. The summed E-state index contributed by atoms with van der Waals surface area (Å²) in [6, 6.07) is 2.79. The van der Waals surface area contributed by atoms with Crippen molar-refractivity contribution in [1.82, 2.24) is 10.6 Å². The molecular weight excluding hydrogens is 338 g/mol. The molecule has 1 amide bonds. The minimum Gasteiger partial charge on any atom is -0.493 e. The van der Waals surface area contributed by atoms with Crippen LogP contribution >= 0.6 is 12.4 Å². The smallest absolute Gasteiger partial charge is 0.286 e. The highest BCUT2D eigenvalue weighted by Gasteiger charge is 2.25. The number of amides is 1. The van der Waals surface area contributed by atoms with Gasteiger partial charge in [-0.2, -0.15) is 0 Å². The summed E-state index contributed by atoms with van der Waals surface area (Å²) in [5.41, 5.74) is -0.334. The van der Waals surface area contributed by atoms with E-state index in [4.69, 9.17) is 9.47 Å². The number of carbonyl (C=O) groups excluding carboxylic acids is 1. The van der Waals surface area contributed by atoms with Gasteiger partial charge in [-0.05, 0) is 26.3 Å². The van der Waals surface area contributed by atoms with Crippen LogP contribution in [-0.2, 0) is 0 Å². The van der Waals surface area contributed by atoms with Gasteiger partial charge >= 0.3 is 0 Å². The van der Waals surface area contributed by atoms with Gasteiger partial charge in [0.05, 0.1) is 24.7 Å². The zero-order valence-electron chi connectivity index (χ0n) is 13.7. The first-order chi connectivity index (χ1) is 11.1. The van der Waals surface area contributed by atoms with Crippen molar-refractivity contribution >= 4 is 24.0 Å². The Bertz CT molecular complexity index is 591. The van der Waals surface area contributed by atoms with Crippen molar-refractivity contribution in [2.75, 3.05) is 26.8 Å². The van der Waals surface area contributed by atoms with E-state index in [0.717, 1.165) is 19.4 Å². The third-order valence-corrected chi connectivity index (χ3v) is 3.69. The Morgan fingerprint density at radius 1 is 1.46 bits per heavy atom. The van der Waals surface area contributed by atoms with E-state index in [0.29, 0.717) is 18.9 Å². The Morgan fingerprint density at radius 3 is 2.75 bits per heavy atom. The Kier molecular flexibility index (Phi) is 7.73. The van der Waals surface area contributed by atoms with E-state index < -0.39 is 10.8 Å². The summed E-state index contributed by atoms with van der Waals surface area (Å²) in [6.45, 7) is 3.47. The number of benzene rings is 1. The van der Waals surface area contributed by atoms with Crippen LogP contribution in [0.5, 0.6) is 11.5 Å². The fraction of sp³-hybridized carbons (Fsp3) is 0.533. The second-order valence-electron chi connectivity index (χ2n) is 5.21. The number of nitro benzene ring substituents is 1. The molecule has 0 aliphatic carbocycles. The fourth-order valence-electron chi connectivity index (χ4n) is 2.55. The van der Waals surface area contributed by atoms with Gasteiger partial charge in [-0.25, -0.2) is 0 Å². The van der Waals surface area contributed by atoms with Crippen LogP contribution in [-0.4, -0.2) is 43.7 Å². The molecule has 1 aromatic rings. The first-order valence-electron chi connectivity index (χ1n) is 7.57. The molecule has 1 aliphatic heterocycles. The van der Waals surface area contributed by atoms with Gasteiger partial charge in [0.2, 0.25) is 0 Å². The van der Waals surface area contributed by atoms with Crippen molar-refractivity contribution in [3.05, 3.63) is 27.8 Å². The zero-order valence-corrected chi connectivity index (χ0v) is 14.5. The summed E-state index contributed by atoms with van der Waals surface area (Å²) in [6.07, 6.45) is 2.05. The van der Waals surface area contributed by atoms with Gasteiger partial charge in [0.1, 0.15) is 5.56 Å². The van der Waals surface area contributed by atoms with Gasteiger partial charge in [0.25, 0.3) is 11.6 Å². The molecular formula is C15H22ClN3O5. The van der Waals surface area contributed by atoms with E-state index in [9.17, 15) is 14.9 Å². The molecule has 1 heterocycles. The van der Waals surface area contributed by atoms with Gasteiger partial charge in [-0.15, -0.1) is 12.4 Å². The number of hydrogen-bond acceptors (Lipinski definition) is 6. The lowest BCUT2D eigenvalue weighted by atomic mass is 10.1. The highest BCUT2D eigenvalue weighted by molar-refractivity contribution is 5.99. The van der Waals surface area contributed by atoms with E-state index >= 15 is 0 Å². The lowest BCUT2D eigenvalue weighted by Crippen LogP contribution is -2.37. The molecule has 1 aliphatic rings. The van der Waals surface area contributed by atoms with Crippen LogP contribution in [0.1, 0.15) is 30.1 Å². The molecule has 24 heavy (non-hydrogen) atoms. The quantitative estimate of drug-likeness (QED) is 0.569. The third-order valence-electron chi connectivity index (χ3n) is 3.69. The molecule has 1 unspecified atom stereocenters. The number of hydrogen-bond donors (Lipinski definition) is 2. The van der Waals surface area contributed by atoms with Crippen LogP contribution in [0.25, 0.3) is 0 Å². The molecule has 9 heteroatoms. The van der Waals surface area contributed by atoms with Crippen LogP contribution in [0, 0.1) is 10.1 Å². The number of halogens is 1. The van der Waals surface area contributed by atoms with Crippen molar-refractivity contribution in [2.24, 2.45) is 0 Å². The van der Waals surface area contributed by atoms with E-state index in [1.165, 1.54) is 19.2 Å². The lowest BCUT2D eigenvalue weighted by molar-refractivity contribution is -0.385. The summed E-state index contributed by atoms with van der Waals surface area (Å²) >= 11 is 0. The first kappa shape index (κ1) is 20.0. The number of rotatable bonds is 7. The Balaban J connectivity index is 0.00000288. The summed E-state index contributed by atoms with van der Waals surface area (Å²) in [5, 5.41) is 17.3. The second-order valence-corrected chi connectivity index (χ2v) is 5.21. The highest BCUT2D eigenvalue weighted by atomic mass is 35.5. The van der Waals surface area contributed by atoms with Crippen molar-refractivity contribution in [3.63, 3.8) is 0 Å². The third kappa shape index (κ3) is 4.72. The van der Waals surface area contributed by atoms with Crippen molar-refractivity contribution < 1.29 is 19.2 Å². The SMILES string of the molecule is CCOc1cc([N+](=O)[O-])c(C(=O)NCC2CCCN2)cc1OC.Cl. The average Bonchev–Trinajstić information content (AvgIpc) is 3.05. The predicted molar refractivity (Wildman–Crippen MR) is 91.4 cm³/mol. The predicted octanol–water partition coefficient (Wildman–Crippen LogP) is 1.91. The van der Waals surface area contributed by atoms with Gasteiger partial charge in [-0.3, -0.25) is 14.9 Å². The molecule has 134 valence electrons.